The largest absolute Gasteiger partial charge is 0.381 e. The number of unbranched alkanes of at least 4 members (excludes halogenated alkanes) is 2. The van der Waals surface area contributed by atoms with Gasteiger partial charge in [0.2, 0.25) is 0 Å². The molecule has 0 aliphatic heterocycles. The van der Waals surface area contributed by atoms with Gasteiger partial charge in [0.25, 0.3) is 0 Å². The Kier molecular flexibility index (Phi) is 8.07. The summed E-state index contributed by atoms with van der Waals surface area (Å²) in [5, 5.41) is 3.62. The van der Waals surface area contributed by atoms with E-state index in [1.165, 1.54) is 19.3 Å². The number of nitrogens with one attached hydrogen (secondary N) is 1. The summed E-state index contributed by atoms with van der Waals surface area (Å²) >= 11 is 0. The summed E-state index contributed by atoms with van der Waals surface area (Å²) in [5.74, 6) is 0.0573. The number of anilines is 1. The van der Waals surface area contributed by atoms with E-state index < -0.39 is 0 Å². The normalized spacial score (nSPS) is 12.7. The SMILES string of the molecule is CCCCCC(CC(C)=NC)Nc1ccccc1C(=O)c1ccccc1. The van der Waals surface area contributed by atoms with Gasteiger partial charge in [-0.25, -0.2) is 0 Å². The quantitative estimate of drug-likeness (QED) is 0.336. The van der Waals surface area contributed by atoms with Crippen LogP contribution in [0.3, 0.4) is 0 Å². The Morgan fingerprint density at radius 3 is 2.42 bits per heavy atom. The zero-order valence-electron chi connectivity index (χ0n) is 16.2. The molecule has 0 fully saturated rings. The fourth-order valence-corrected chi connectivity index (χ4v) is 3.09. The highest BCUT2D eigenvalue weighted by molar-refractivity contribution is 6.12. The minimum Gasteiger partial charge on any atom is -0.381 e. The highest BCUT2D eigenvalue weighted by Crippen LogP contribution is 2.22. The molecule has 2 aromatic carbocycles. The van der Waals surface area contributed by atoms with Crippen LogP contribution in [-0.4, -0.2) is 24.6 Å². The highest BCUT2D eigenvalue weighted by Gasteiger charge is 2.16. The van der Waals surface area contributed by atoms with Crippen molar-refractivity contribution < 1.29 is 4.79 Å². The number of carbonyl (C=O) groups is 1. The molecule has 0 bridgehead atoms. The third kappa shape index (κ3) is 5.83. The average molecular weight is 351 g/mol. The Bertz CT molecular complexity index is 722. The molecule has 1 unspecified atom stereocenters. The summed E-state index contributed by atoms with van der Waals surface area (Å²) < 4.78 is 0. The van der Waals surface area contributed by atoms with E-state index in [0.29, 0.717) is 0 Å². The van der Waals surface area contributed by atoms with Crippen molar-refractivity contribution in [1.29, 1.82) is 0 Å². The Morgan fingerprint density at radius 1 is 1.04 bits per heavy atom. The van der Waals surface area contributed by atoms with E-state index in [2.05, 4.69) is 24.2 Å². The molecule has 2 rings (SSSR count). The number of rotatable bonds is 10. The monoisotopic (exact) mass is 350 g/mol. The molecule has 0 heterocycles. The standard InChI is InChI=1S/C23H30N2O/c1-4-5-7-14-20(17-18(2)24-3)25-22-16-11-10-15-21(22)23(26)19-12-8-6-9-13-19/h6,8-13,15-16,20,25H,4-5,7,14,17H2,1-3H3. The molecule has 0 spiro atoms. The van der Waals surface area contributed by atoms with Gasteiger partial charge in [-0.15, -0.1) is 0 Å². The lowest BCUT2D eigenvalue weighted by Crippen LogP contribution is -2.24. The molecule has 2 aromatic rings. The van der Waals surface area contributed by atoms with E-state index in [1.54, 1.807) is 0 Å². The van der Waals surface area contributed by atoms with Crippen LogP contribution in [0, 0.1) is 0 Å². The summed E-state index contributed by atoms with van der Waals surface area (Å²) in [6.45, 7) is 4.28. The van der Waals surface area contributed by atoms with Gasteiger partial charge < -0.3 is 5.32 Å². The van der Waals surface area contributed by atoms with Crippen LogP contribution in [0.1, 0.15) is 61.9 Å². The maximum atomic E-state index is 12.9. The van der Waals surface area contributed by atoms with Crippen LogP contribution in [0.25, 0.3) is 0 Å². The van der Waals surface area contributed by atoms with Crippen molar-refractivity contribution >= 4 is 17.2 Å². The zero-order valence-corrected chi connectivity index (χ0v) is 16.2. The molecule has 3 nitrogen and oxygen atoms in total. The molecule has 138 valence electrons. The van der Waals surface area contributed by atoms with Crippen LogP contribution >= 0.6 is 0 Å². The number of aliphatic imine (C=N–C) groups is 1. The molecule has 1 atom stereocenters. The third-order valence-electron chi connectivity index (χ3n) is 4.65. The van der Waals surface area contributed by atoms with Gasteiger partial charge in [-0.2, -0.15) is 0 Å². The maximum Gasteiger partial charge on any atom is 0.195 e. The van der Waals surface area contributed by atoms with E-state index in [-0.39, 0.29) is 11.8 Å². The molecule has 0 aliphatic carbocycles. The van der Waals surface area contributed by atoms with Crippen LogP contribution in [-0.2, 0) is 0 Å². The molecule has 0 aromatic heterocycles. The predicted octanol–water partition coefficient (Wildman–Crippen LogP) is 5.76. The number of nitrogens with zero attached hydrogens (tertiary/aromatic N) is 1. The Morgan fingerprint density at radius 2 is 1.73 bits per heavy atom. The lowest BCUT2D eigenvalue weighted by atomic mass is 9.99. The first kappa shape index (κ1) is 19.9. The molecule has 0 saturated heterocycles. The van der Waals surface area contributed by atoms with E-state index in [1.807, 2.05) is 61.6 Å². The van der Waals surface area contributed by atoms with Crippen molar-refractivity contribution in [3.63, 3.8) is 0 Å². The molecule has 0 amide bonds. The van der Waals surface area contributed by atoms with Crippen molar-refractivity contribution in [2.45, 2.75) is 52.0 Å². The second-order valence-corrected chi connectivity index (χ2v) is 6.74. The number of para-hydroxylation sites is 1. The minimum atomic E-state index is 0.0573. The number of hydrogen-bond donors (Lipinski definition) is 1. The molecular formula is C23H30N2O. The molecule has 0 saturated carbocycles. The molecule has 0 radical (unpaired) electrons. The Hall–Kier alpha value is -2.42. The van der Waals surface area contributed by atoms with Crippen molar-refractivity contribution in [1.82, 2.24) is 0 Å². The van der Waals surface area contributed by atoms with Crippen LogP contribution in [0.5, 0.6) is 0 Å². The van der Waals surface area contributed by atoms with Gasteiger partial charge in [-0.3, -0.25) is 9.79 Å². The van der Waals surface area contributed by atoms with Crippen molar-refractivity contribution in [2.24, 2.45) is 4.99 Å². The number of ketones is 1. The first-order valence-corrected chi connectivity index (χ1v) is 9.53. The number of benzene rings is 2. The van der Waals surface area contributed by atoms with Crippen molar-refractivity contribution in [2.75, 3.05) is 12.4 Å². The summed E-state index contributed by atoms with van der Waals surface area (Å²) in [6.07, 6.45) is 5.59. The minimum absolute atomic E-state index is 0.0573. The van der Waals surface area contributed by atoms with Gasteiger partial charge in [-0.1, -0.05) is 68.7 Å². The number of carbonyl (C=O) groups excluding carboxylic acids is 1. The lowest BCUT2D eigenvalue weighted by Gasteiger charge is -2.21. The topological polar surface area (TPSA) is 41.5 Å². The first-order valence-electron chi connectivity index (χ1n) is 9.53. The van der Waals surface area contributed by atoms with Crippen LogP contribution in [0.15, 0.2) is 59.6 Å². The van der Waals surface area contributed by atoms with Gasteiger partial charge in [-0.05, 0) is 25.5 Å². The van der Waals surface area contributed by atoms with Gasteiger partial charge in [0.1, 0.15) is 0 Å². The van der Waals surface area contributed by atoms with Crippen molar-refractivity contribution in [3.05, 3.63) is 65.7 Å². The van der Waals surface area contributed by atoms with Crippen LogP contribution in [0.4, 0.5) is 5.69 Å². The Labute approximate surface area is 157 Å². The van der Waals surface area contributed by atoms with Gasteiger partial charge >= 0.3 is 0 Å². The van der Waals surface area contributed by atoms with Gasteiger partial charge in [0.15, 0.2) is 5.78 Å². The lowest BCUT2D eigenvalue weighted by molar-refractivity contribution is 0.103. The van der Waals surface area contributed by atoms with E-state index in [4.69, 9.17) is 0 Å². The van der Waals surface area contributed by atoms with Crippen molar-refractivity contribution in [3.8, 4) is 0 Å². The molecular weight excluding hydrogens is 320 g/mol. The maximum absolute atomic E-state index is 12.9. The summed E-state index contributed by atoms with van der Waals surface area (Å²) in [5.41, 5.74) is 3.48. The summed E-state index contributed by atoms with van der Waals surface area (Å²) in [6, 6.07) is 17.6. The predicted molar refractivity (Wildman–Crippen MR) is 112 cm³/mol. The Balaban J connectivity index is 2.21. The first-order chi connectivity index (χ1) is 12.7. The molecule has 0 aliphatic rings. The molecule has 3 heteroatoms. The fraction of sp³-hybridized carbons (Fsp3) is 0.391. The summed E-state index contributed by atoms with van der Waals surface area (Å²) in [7, 11) is 1.84. The van der Waals surface area contributed by atoms with E-state index in [0.717, 1.165) is 35.4 Å². The second-order valence-electron chi connectivity index (χ2n) is 6.74. The zero-order chi connectivity index (χ0) is 18.8. The molecule has 26 heavy (non-hydrogen) atoms. The average Bonchev–Trinajstić information content (AvgIpc) is 2.68. The molecule has 1 N–H and O–H groups in total. The second kappa shape index (κ2) is 10.5. The fourth-order valence-electron chi connectivity index (χ4n) is 3.09. The van der Waals surface area contributed by atoms with Gasteiger partial charge in [0, 0.05) is 42.0 Å². The summed E-state index contributed by atoms with van der Waals surface area (Å²) in [4.78, 5) is 17.2. The van der Waals surface area contributed by atoms with Crippen LogP contribution < -0.4 is 5.32 Å². The smallest absolute Gasteiger partial charge is 0.195 e. The highest BCUT2D eigenvalue weighted by atomic mass is 16.1. The van der Waals surface area contributed by atoms with E-state index >= 15 is 0 Å². The van der Waals surface area contributed by atoms with E-state index in [9.17, 15) is 4.79 Å². The third-order valence-corrected chi connectivity index (χ3v) is 4.65. The van der Waals surface area contributed by atoms with Crippen LogP contribution in [0.2, 0.25) is 0 Å². The number of hydrogen-bond acceptors (Lipinski definition) is 3. The van der Waals surface area contributed by atoms with Gasteiger partial charge in [0.05, 0.1) is 0 Å².